The number of nitrogens with zero attached hydrogens (tertiary/aromatic N) is 3. The quantitative estimate of drug-likeness (QED) is 0.585. The van der Waals surface area contributed by atoms with Crippen LogP contribution in [0, 0.1) is 11.3 Å². The molecule has 0 unspecified atom stereocenters. The van der Waals surface area contributed by atoms with Crippen LogP contribution in [-0.2, 0) is 0 Å². The molecule has 1 aromatic heterocycles. The highest BCUT2D eigenvalue weighted by molar-refractivity contribution is 9.10. The summed E-state index contributed by atoms with van der Waals surface area (Å²) in [6.07, 6.45) is 1.29. The number of H-pyrrole nitrogens is 1. The van der Waals surface area contributed by atoms with Crippen LogP contribution in [-0.4, -0.2) is 29.6 Å². The number of para-hydroxylation sites is 1. The third-order valence-electron chi connectivity index (χ3n) is 3.75. The zero-order valence-electron chi connectivity index (χ0n) is 14.4. The van der Waals surface area contributed by atoms with Crippen LogP contribution in [0.5, 0.6) is 11.5 Å². The molecule has 1 heterocycles. The monoisotopic (exact) mass is 462 g/mol. The third kappa shape index (κ3) is 3.65. The van der Waals surface area contributed by atoms with Crippen LogP contribution in [0.2, 0.25) is 5.02 Å². The lowest BCUT2D eigenvalue weighted by atomic mass is 10.2. The first-order valence-corrected chi connectivity index (χ1v) is 8.99. The zero-order valence-corrected chi connectivity index (χ0v) is 16.7. The molecule has 2 aromatic carbocycles. The number of rotatable bonds is 5. The van der Waals surface area contributed by atoms with Crippen molar-refractivity contribution in [3.05, 3.63) is 66.2 Å². The number of halogens is 2. The molecule has 0 saturated heterocycles. The molecule has 0 saturated carbocycles. The number of nitriles is 1. The Morgan fingerprint density at radius 2 is 2.14 bits per heavy atom. The highest BCUT2D eigenvalue weighted by Crippen LogP contribution is 2.42. The van der Waals surface area contributed by atoms with Crippen LogP contribution in [0.15, 0.2) is 49.5 Å². The predicted octanol–water partition coefficient (Wildman–Crippen LogP) is 2.90. The lowest BCUT2D eigenvalue weighted by Crippen LogP contribution is -2.32. The minimum absolute atomic E-state index is 0.163. The highest BCUT2D eigenvalue weighted by Gasteiger charge is 2.17. The molecule has 0 aliphatic heterocycles. The zero-order chi connectivity index (χ0) is 20.3. The van der Waals surface area contributed by atoms with Gasteiger partial charge in [-0.15, -0.1) is 4.68 Å². The Labute approximate surface area is 171 Å². The molecule has 142 valence electrons. The van der Waals surface area contributed by atoms with E-state index in [4.69, 9.17) is 26.3 Å². The van der Waals surface area contributed by atoms with Crippen molar-refractivity contribution in [2.24, 2.45) is 5.10 Å². The smallest absolute Gasteiger partial charge is 0.349 e. The van der Waals surface area contributed by atoms with Gasteiger partial charge in [-0.2, -0.15) is 10.4 Å². The Bertz CT molecular complexity index is 1240. The van der Waals surface area contributed by atoms with E-state index < -0.39 is 11.2 Å². The third-order valence-corrected chi connectivity index (χ3v) is 5.20. The number of benzene rings is 2. The molecule has 0 atom stereocenters. The van der Waals surface area contributed by atoms with Gasteiger partial charge in [0.05, 0.1) is 24.2 Å². The lowest BCUT2D eigenvalue weighted by Gasteiger charge is -2.13. The highest BCUT2D eigenvalue weighted by atomic mass is 79.9. The summed E-state index contributed by atoms with van der Waals surface area (Å²) in [7, 11) is 1.41. The van der Waals surface area contributed by atoms with Gasteiger partial charge in [0.1, 0.15) is 11.1 Å². The van der Waals surface area contributed by atoms with Crippen molar-refractivity contribution in [2.45, 2.75) is 0 Å². The summed E-state index contributed by atoms with van der Waals surface area (Å²) in [6, 6.07) is 10.0. The van der Waals surface area contributed by atoms with Gasteiger partial charge in [-0.1, -0.05) is 23.7 Å². The summed E-state index contributed by atoms with van der Waals surface area (Å²) in [4.78, 5) is 27.3. The Kier molecular flexibility index (Phi) is 5.82. The fraction of sp³-hybridized carbons (Fsp3) is 0.111. The Balaban J connectivity index is 2.10. The maximum atomic E-state index is 12.5. The number of hydrogen-bond acceptors (Lipinski definition) is 6. The van der Waals surface area contributed by atoms with E-state index >= 15 is 0 Å². The topological polar surface area (TPSA) is 109 Å². The average Bonchev–Trinajstić information content (AvgIpc) is 2.70. The molecule has 0 spiro atoms. The van der Waals surface area contributed by atoms with Crippen molar-refractivity contribution < 1.29 is 9.47 Å². The van der Waals surface area contributed by atoms with Crippen molar-refractivity contribution >= 4 is 44.6 Å². The summed E-state index contributed by atoms with van der Waals surface area (Å²) in [5.41, 5.74) is -0.374. The molecule has 28 heavy (non-hydrogen) atoms. The summed E-state index contributed by atoms with van der Waals surface area (Å²) >= 11 is 9.60. The fourth-order valence-corrected chi connectivity index (χ4v) is 3.12. The van der Waals surface area contributed by atoms with E-state index in [-0.39, 0.29) is 23.1 Å². The first kappa shape index (κ1) is 19.7. The van der Waals surface area contributed by atoms with Gasteiger partial charge in [-0.3, -0.25) is 4.79 Å². The van der Waals surface area contributed by atoms with E-state index in [1.54, 1.807) is 30.3 Å². The molecule has 0 aliphatic carbocycles. The number of nitrogens with one attached hydrogen (secondary N) is 1. The summed E-state index contributed by atoms with van der Waals surface area (Å²) in [6.45, 7) is -0.211. The molecule has 10 heteroatoms. The van der Waals surface area contributed by atoms with E-state index in [2.05, 4.69) is 26.0 Å². The van der Waals surface area contributed by atoms with Gasteiger partial charge >= 0.3 is 5.69 Å². The van der Waals surface area contributed by atoms with Crippen LogP contribution in [0.3, 0.4) is 0 Å². The van der Waals surface area contributed by atoms with Crippen LogP contribution < -0.4 is 20.7 Å². The van der Waals surface area contributed by atoms with Gasteiger partial charge < -0.3 is 14.5 Å². The minimum atomic E-state index is -0.678. The molecule has 3 rings (SSSR count). The number of ether oxygens (including phenoxy) is 2. The van der Waals surface area contributed by atoms with Gasteiger partial charge in [0.2, 0.25) is 0 Å². The molecule has 3 aromatic rings. The van der Waals surface area contributed by atoms with Gasteiger partial charge in [-0.25, -0.2) is 4.79 Å². The van der Waals surface area contributed by atoms with Gasteiger partial charge in [0.25, 0.3) is 5.56 Å². The van der Waals surface area contributed by atoms with E-state index in [0.29, 0.717) is 20.9 Å². The molecule has 0 amide bonds. The van der Waals surface area contributed by atoms with Crippen molar-refractivity contribution in [1.29, 1.82) is 5.26 Å². The first-order chi connectivity index (χ1) is 13.5. The van der Waals surface area contributed by atoms with Crippen molar-refractivity contribution in [1.82, 2.24) is 9.66 Å². The molecule has 0 aliphatic rings. The maximum absolute atomic E-state index is 12.5. The standard InChI is InChI=1S/C18H12BrClN4O4/c1-27-13-8-10(14(19)15(20)16(13)28-7-6-21)9-22-24-17(25)11-4-2-3-5-12(11)23-18(24)26/h2-5,8-9H,7H2,1H3,(H,23,26). The van der Waals surface area contributed by atoms with Gasteiger partial charge in [-0.05, 0) is 34.1 Å². The fourth-order valence-electron chi connectivity index (χ4n) is 2.47. The molecule has 0 radical (unpaired) electrons. The second-order valence-corrected chi connectivity index (χ2v) is 6.58. The van der Waals surface area contributed by atoms with Crippen LogP contribution >= 0.6 is 27.5 Å². The van der Waals surface area contributed by atoms with Crippen LogP contribution in [0.1, 0.15) is 5.56 Å². The second-order valence-electron chi connectivity index (χ2n) is 5.41. The minimum Gasteiger partial charge on any atom is -0.493 e. The van der Waals surface area contributed by atoms with E-state index in [1.165, 1.54) is 13.3 Å². The van der Waals surface area contributed by atoms with E-state index in [9.17, 15) is 9.59 Å². The summed E-state index contributed by atoms with van der Waals surface area (Å²) in [5.74, 6) is 0.458. The molecule has 0 fully saturated rings. The largest absolute Gasteiger partial charge is 0.493 e. The number of aromatic nitrogens is 2. The first-order valence-electron chi connectivity index (χ1n) is 7.82. The van der Waals surface area contributed by atoms with E-state index in [0.717, 1.165) is 4.68 Å². The SMILES string of the molecule is COc1cc(C=Nn2c(=O)[nH]c3ccccc3c2=O)c(Br)c(Cl)c1OCC#N. The summed E-state index contributed by atoms with van der Waals surface area (Å²) < 4.78 is 11.6. The number of methoxy groups -OCH3 is 1. The predicted molar refractivity (Wildman–Crippen MR) is 109 cm³/mol. The summed E-state index contributed by atoms with van der Waals surface area (Å²) in [5, 5.41) is 13.2. The normalized spacial score (nSPS) is 10.9. The van der Waals surface area contributed by atoms with Crippen molar-refractivity contribution in [2.75, 3.05) is 13.7 Å². The number of fused-ring (bicyclic) bond motifs is 1. The Hall–Kier alpha value is -3.09. The van der Waals surface area contributed by atoms with Gasteiger partial charge in [0, 0.05) is 10.0 Å². The Morgan fingerprint density at radius 3 is 2.86 bits per heavy atom. The lowest BCUT2D eigenvalue weighted by molar-refractivity contribution is 0.329. The molecular formula is C18H12BrClN4O4. The maximum Gasteiger partial charge on any atom is 0.349 e. The van der Waals surface area contributed by atoms with Crippen molar-refractivity contribution in [3.8, 4) is 17.6 Å². The average molecular weight is 464 g/mol. The van der Waals surface area contributed by atoms with Crippen LogP contribution in [0.4, 0.5) is 0 Å². The molecule has 8 nitrogen and oxygen atoms in total. The molecular weight excluding hydrogens is 452 g/mol. The second kappa shape index (κ2) is 8.29. The molecule has 0 bridgehead atoms. The number of aromatic amines is 1. The molecule has 1 N–H and O–H groups in total. The van der Waals surface area contributed by atoms with Crippen LogP contribution in [0.25, 0.3) is 10.9 Å². The van der Waals surface area contributed by atoms with Crippen molar-refractivity contribution in [3.63, 3.8) is 0 Å². The van der Waals surface area contributed by atoms with Gasteiger partial charge in [0.15, 0.2) is 18.1 Å². The Morgan fingerprint density at radius 1 is 1.39 bits per heavy atom. The number of hydrogen-bond donors (Lipinski definition) is 1. The van der Waals surface area contributed by atoms with E-state index in [1.807, 2.05) is 6.07 Å².